The summed E-state index contributed by atoms with van der Waals surface area (Å²) in [5, 5.41) is 3.83. The van der Waals surface area contributed by atoms with Crippen LogP contribution in [0.3, 0.4) is 0 Å². The molecule has 2 aromatic rings. The second-order valence-corrected chi connectivity index (χ2v) is 2.91. The summed E-state index contributed by atoms with van der Waals surface area (Å²) in [6, 6.07) is 4.42. The first-order valence-corrected chi connectivity index (χ1v) is 4.20. The molecule has 0 atom stereocenters. The lowest BCUT2D eigenvalue weighted by Crippen LogP contribution is -1.92. The van der Waals surface area contributed by atoms with Gasteiger partial charge < -0.3 is 4.74 Å². The Morgan fingerprint density at radius 2 is 2.20 bits per heavy atom. The molecular weight excluding hydrogens is 202 g/mol. The Balaban J connectivity index is 2.27. The molecule has 0 unspecified atom stereocenters. The van der Waals surface area contributed by atoms with E-state index < -0.39 is 11.6 Å². The Hall–Kier alpha value is -1.91. The second kappa shape index (κ2) is 3.68. The van der Waals surface area contributed by atoms with Crippen LogP contribution in [0.5, 0.6) is 11.6 Å². The van der Waals surface area contributed by atoms with E-state index in [2.05, 4.69) is 11.3 Å². The van der Waals surface area contributed by atoms with Gasteiger partial charge in [0.05, 0.1) is 6.20 Å². The maximum atomic E-state index is 13.1. The number of hydrogen-bond acceptors (Lipinski definition) is 2. The van der Waals surface area contributed by atoms with Gasteiger partial charge in [-0.25, -0.2) is 8.78 Å². The number of halogens is 2. The average molecular weight is 209 g/mol. The van der Waals surface area contributed by atoms with Crippen LogP contribution in [-0.2, 0) is 7.05 Å². The molecule has 0 fully saturated rings. The van der Waals surface area contributed by atoms with Gasteiger partial charge in [-0.1, -0.05) is 0 Å². The molecule has 0 aliphatic rings. The minimum absolute atomic E-state index is 0.169. The normalized spacial score (nSPS) is 10.3. The van der Waals surface area contributed by atoms with Gasteiger partial charge in [-0.3, -0.25) is 4.68 Å². The molecule has 0 N–H and O–H groups in total. The lowest BCUT2D eigenvalue weighted by Gasteiger charge is -2.02. The van der Waals surface area contributed by atoms with E-state index in [0.717, 1.165) is 18.2 Å². The minimum Gasteiger partial charge on any atom is -0.434 e. The number of nitrogens with zero attached hydrogens (tertiary/aromatic N) is 2. The van der Waals surface area contributed by atoms with Crippen LogP contribution in [0.4, 0.5) is 8.78 Å². The van der Waals surface area contributed by atoms with Crippen LogP contribution in [-0.4, -0.2) is 9.78 Å². The predicted molar refractivity (Wildman–Crippen MR) is 48.5 cm³/mol. The maximum absolute atomic E-state index is 13.1. The van der Waals surface area contributed by atoms with Crippen molar-refractivity contribution in [3.05, 3.63) is 42.1 Å². The van der Waals surface area contributed by atoms with Crippen LogP contribution >= 0.6 is 0 Å². The van der Waals surface area contributed by atoms with Gasteiger partial charge in [0.2, 0.25) is 5.88 Å². The van der Waals surface area contributed by atoms with Crippen LogP contribution in [0.25, 0.3) is 0 Å². The van der Waals surface area contributed by atoms with Crippen molar-refractivity contribution in [2.24, 2.45) is 7.05 Å². The van der Waals surface area contributed by atoms with E-state index in [1.54, 1.807) is 7.05 Å². The summed E-state index contributed by atoms with van der Waals surface area (Å²) in [5.41, 5.74) is 0. The fourth-order valence-electron chi connectivity index (χ4n) is 1.07. The number of aromatic nitrogens is 2. The summed E-state index contributed by atoms with van der Waals surface area (Å²) in [6.07, 6.45) is 2.69. The third-order valence-electron chi connectivity index (χ3n) is 1.73. The van der Waals surface area contributed by atoms with Crippen molar-refractivity contribution in [3.8, 4) is 11.6 Å². The van der Waals surface area contributed by atoms with Crippen molar-refractivity contribution < 1.29 is 13.5 Å². The zero-order valence-electron chi connectivity index (χ0n) is 7.87. The Labute approximate surface area is 84.9 Å². The number of aryl methyl sites for hydroxylation is 1. The molecule has 1 heterocycles. The van der Waals surface area contributed by atoms with Crippen LogP contribution in [0.15, 0.2) is 24.3 Å². The zero-order chi connectivity index (χ0) is 10.8. The zero-order valence-corrected chi connectivity index (χ0v) is 7.87. The van der Waals surface area contributed by atoms with Crippen molar-refractivity contribution in [2.75, 3.05) is 0 Å². The quantitative estimate of drug-likeness (QED) is 0.758. The largest absolute Gasteiger partial charge is 0.434 e. The summed E-state index contributed by atoms with van der Waals surface area (Å²) >= 11 is 0. The Kier molecular flexibility index (Phi) is 2.37. The molecule has 0 spiro atoms. The molecule has 0 aliphatic heterocycles. The molecule has 1 aromatic heterocycles. The summed E-state index contributed by atoms with van der Waals surface area (Å²) < 4.78 is 32.3. The SMILES string of the molecule is Cn1[c]cc(Oc2cc(F)ccc2F)n1. The highest BCUT2D eigenvalue weighted by molar-refractivity contribution is 5.28. The molecule has 1 radical (unpaired) electrons. The third-order valence-corrected chi connectivity index (χ3v) is 1.73. The van der Waals surface area contributed by atoms with E-state index in [1.807, 2.05) is 0 Å². The molecule has 0 bridgehead atoms. The number of rotatable bonds is 2. The van der Waals surface area contributed by atoms with Crippen molar-refractivity contribution in [1.29, 1.82) is 0 Å². The first-order valence-electron chi connectivity index (χ1n) is 4.20. The molecule has 0 saturated heterocycles. The molecule has 0 aliphatic carbocycles. The van der Waals surface area contributed by atoms with Gasteiger partial charge >= 0.3 is 0 Å². The van der Waals surface area contributed by atoms with E-state index >= 15 is 0 Å². The van der Waals surface area contributed by atoms with Crippen molar-refractivity contribution >= 4 is 0 Å². The minimum atomic E-state index is -0.637. The van der Waals surface area contributed by atoms with Gasteiger partial charge in [0, 0.05) is 19.2 Å². The van der Waals surface area contributed by atoms with Crippen LogP contribution in [0.2, 0.25) is 0 Å². The molecule has 1 aromatic carbocycles. The predicted octanol–water partition coefficient (Wildman–Crippen LogP) is 2.29. The monoisotopic (exact) mass is 209 g/mol. The summed E-state index contributed by atoms with van der Waals surface area (Å²) in [6.45, 7) is 0. The average Bonchev–Trinajstić information content (AvgIpc) is 2.58. The topological polar surface area (TPSA) is 27.1 Å². The number of hydrogen-bond donors (Lipinski definition) is 0. The summed E-state index contributed by atoms with van der Waals surface area (Å²) in [7, 11) is 1.65. The first kappa shape index (κ1) is 9.64. The highest BCUT2D eigenvalue weighted by Crippen LogP contribution is 2.23. The van der Waals surface area contributed by atoms with Gasteiger partial charge in [0.15, 0.2) is 11.6 Å². The highest BCUT2D eigenvalue weighted by atomic mass is 19.1. The molecule has 15 heavy (non-hydrogen) atoms. The Morgan fingerprint density at radius 1 is 1.40 bits per heavy atom. The molecule has 0 saturated carbocycles. The molecule has 0 amide bonds. The van der Waals surface area contributed by atoms with Gasteiger partial charge in [0.1, 0.15) is 5.82 Å². The lowest BCUT2D eigenvalue weighted by atomic mass is 10.3. The van der Waals surface area contributed by atoms with Crippen molar-refractivity contribution in [1.82, 2.24) is 9.78 Å². The molecule has 3 nitrogen and oxygen atoms in total. The van der Waals surface area contributed by atoms with E-state index in [9.17, 15) is 8.78 Å². The van der Waals surface area contributed by atoms with E-state index in [1.165, 1.54) is 10.7 Å². The fourth-order valence-corrected chi connectivity index (χ4v) is 1.07. The van der Waals surface area contributed by atoms with Crippen molar-refractivity contribution in [2.45, 2.75) is 0 Å². The number of benzene rings is 1. The number of ether oxygens (including phenoxy) is 1. The van der Waals surface area contributed by atoms with Gasteiger partial charge in [-0.05, 0) is 12.1 Å². The molecular formula is C10H7F2N2O. The van der Waals surface area contributed by atoms with Gasteiger partial charge in [0.25, 0.3) is 0 Å². The fraction of sp³-hybridized carbons (Fsp3) is 0.100. The molecule has 77 valence electrons. The van der Waals surface area contributed by atoms with E-state index in [4.69, 9.17) is 4.74 Å². The standard InChI is InChI=1S/C10H7F2N2O/c1-14-5-4-10(13-14)15-9-6-7(11)2-3-8(9)12/h2-4,6H,1H3. The summed E-state index contributed by atoms with van der Waals surface area (Å²) in [4.78, 5) is 0. The van der Waals surface area contributed by atoms with Crippen LogP contribution in [0, 0.1) is 17.8 Å². The Bertz CT molecular complexity index is 482. The molecule has 2 rings (SSSR count). The smallest absolute Gasteiger partial charge is 0.239 e. The van der Waals surface area contributed by atoms with E-state index in [0.29, 0.717) is 0 Å². The maximum Gasteiger partial charge on any atom is 0.239 e. The van der Waals surface area contributed by atoms with Crippen LogP contribution in [0.1, 0.15) is 0 Å². The second-order valence-electron chi connectivity index (χ2n) is 2.91. The summed E-state index contributed by atoms with van der Waals surface area (Å²) in [5.74, 6) is -1.22. The lowest BCUT2D eigenvalue weighted by molar-refractivity contribution is 0.417. The van der Waals surface area contributed by atoms with Crippen LogP contribution < -0.4 is 4.74 Å². The Morgan fingerprint density at radius 3 is 2.87 bits per heavy atom. The van der Waals surface area contributed by atoms with Crippen molar-refractivity contribution in [3.63, 3.8) is 0 Å². The highest BCUT2D eigenvalue weighted by Gasteiger charge is 2.07. The first-order chi connectivity index (χ1) is 7.15. The van der Waals surface area contributed by atoms with Gasteiger partial charge in [-0.2, -0.15) is 0 Å². The third kappa shape index (κ3) is 2.12. The van der Waals surface area contributed by atoms with E-state index in [-0.39, 0.29) is 11.6 Å². The molecule has 5 heteroatoms. The van der Waals surface area contributed by atoms with Gasteiger partial charge in [-0.15, -0.1) is 5.10 Å².